The number of benzene rings is 1. The minimum atomic E-state index is -0.101. The van der Waals surface area contributed by atoms with Gasteiger partial charge >= 0.3 is 0 Å². The maximum absolute atomic E-state index is 12.2. The molecule has 15 heavy (non-hydrogen) atoms. The average Bonchev–Trinajstić information content (AvgIpc) is 2.32. The summed E-state index contributed by atoms with van der Waals surface area (Å²) < 4.78 is 0. The van der Waals surface area contributed by atoms with Gasteiger partial charge in [-0.05, 0) is 37.2 Å². The maximum Gasteiger partial charge on any atom is 0.143 e. The average molecular weight is 200 g/mol. The molecule has 0 spiro atoms. The number of fused-ring (bicyclic) bond motifs is 3. The lowest BCUT2D eigenvalue weighted by atomic mass is 9.57. The van der Waals surface area contributed by atoms with Gasteiger partial charge in [-0.2, -0.15) is 0 Å². The normalized spacial score (nSPS) is 34.4. The number of Topliss-reactive ketones (excluding diaryl/α,β-unsaturated/α-hetero) is 1. The molecule has 3 fully saturated rings. The molecule has 1 nitrogen and oxygen atoms in total. The van der Waals surface area contributed by atoms with E-state index in [0.717, 1.165) is 19.3 Å². The number of hydrogen-bond donors (Lipinski definition) is 0. The Hall–Kier alpha value is -1.11. The molecule has 1 heteroatoms. The van der Waals surface area contributed by atoms with Crippen molar-refractivity contribution >= 4 is 5.78 Å². The fraction of sp³-hybridized carbons (Fsp3) is 0.500. The van der Waals surface area contributed by atoms with Gasteiger partial charge in [0, 0.05) is 6.42 Å². The third-order valence-electron chi connectivity index (χ3n) is 4.29. The Morgan fingerprint density at radius 3 is 2.33 bits per heavy atom. The number of ketones is 1. The molecule has 0 atom stereocenters. The summed E-state index contributed by atoms with van der Waals surface area (Å²) in [5.41, 5.74) is 1.16. The summed E-state index contributed by atoms with van der Waals surface area (Å²) in [6.45, 7) is 0. The Labute approximate surface area is 90.5 Å². The summed E-state index contributed by atoms with van der Waals surface area (Å²) in [5.74, 6) is 1.19. The molecule has 3 aliphatic rings. The molecule has 0 unspecified atom stereocenters. The third-order valence-corrected chi connectivity index (χ3v) is 4.29. The zero-order valence-electron chi connectivity index (χ0n) is 8.91. The Morgan fingerprint density at radius 2 is 1.73 bits per heavy atom. The molecular weight excluding hydrogens is 184 g/mol. The van der Waals surface area contributed by atoms with Crippen molar-refractivity contribution in [1.82, 2.24) is 0 Å². The highest BCUT2D eigenvalue weighted by molar-refractivity contribution is 5.91. The van der Waals surface area contributed by atoms with Crippen LogP contribution in [0.1, 0.15) is 37.7 Å². The van der Waals surface area contributed by atoms with Crippen LogP contribution < -0.4 is 0 Å². The number of hydrogen-bond acceptors (Lipinski definition) is 1. The van der Waals surface area contributed by atoms with Crippen LogP contribution in [0.25, 0.3) is 0 Å². The quantitative estimate of drug-likeness (QED) is 0.680. The van der Waals surface area contributed by atoms with E-state index in [1.54, 1.807) is 0 Å². The molecule has 0 radical (unpaired) electrons. The van der Waals surface area contributed by atoms with E-state index in [1.165, 1.54) is 18.4 Å². The van der Waals surface area contributed by atoms with Crippen LogP contribution in [-0.2, 0) is 10.2 Å². The van der Waals surface area contributed by atoms with E-state index in [9.17, 15) is 4.79 Å². The molecule has 78 valence electrons. The van der Waals surface area contributed by atoms with Crippen LogP contribution in [0.4, 0.5) is 0 Å². The summed E-state index contributed by atoms with van der Waals surface area (Å²) in [4.78, 5) is 12.2. The van der Waals surface area contributed by atoms with Gasteiger partial charge in [-0.15, -0.1) is 0 Å². The summed E-state index contributed by atoms with van der Waals surface area (Å²) in [6, 6.07) is 10.4. The predicted octanol–water partition coefficient (Wildman–Crippen LogP) is 3.09. The molecule has 0 amide bonds. The van der Waals surface area contributed by atoms with Crippen LogP contribution in [0, 0.1) is 5.92 Å². The van der Waals surface area contributed by atoms with Crippen molar-refractivity contribution in [2.75, 3.05) is 0 Å². The molecule has 3 aliphatic carbocycles. The highest BCUT2D eigenvalue weighted by Gasteiger charge is 2.47. The standard InChI is InChI=1S/C14H16O/c15-13-10-11-6-8-14(13,9-7-11)12-4-2-1-3-5-12/h1-5,11H,6-10H2. The van der Waals surface area contributed by atoms with Gasteiger partial charge < -0.3 is 0 Å². The van der Waals surface area contributed by atoms with Crippen molar-refractivity contribution < 1.29 is 4.79 Å². The van der Waals surface area contributed by atoms with Crippen molar-refractivity contribution in [3.63, 3.8) is 0 Å². The molecule has 1 aromatic carbocycles. The molecule has 2 bridgehead atoms. The van der Waals surface area contributed by atoms with Crippen molar-refractivity contribution in [3.8, 4) is 0 Å². The van der Waals surface area contributed by atoms with E-state index < -0.39 is 0 Å². The number of carbonyl (C=O) groups is 1. The second-order valence-corrected chi connectivity index (χ2v) is 5.02. The molecule has 4 rings (SSSR count). The smallest absolute Gasteiger partial charge is 0.143 e. The molecule has 0 aromatic heterocycles. The highest BCUT2D eigenvalue weighted by atomic mass is 16.1. The first-order valence-electron chi connectivity index (χ1n) is 5.90. The van der Waals surface area contributed by atoms with Crippen LogP contribution in [0.15, 0.2) is 30.3 Å². The van der Waals surface area contributed by atoms with Crippen LogP contribution in [0.2, 0.25) is 0 Å². The van der Waals surface area contributed by atoms with Crippen LogP contribution in [0.5, 0.6) is 0 Å². The fourth-order valence-corrected chi connectivity index (χ4v) is 3.32. The zero-order valence-corrected chi connectivity index (χ0v) is 8.91. The summed E-state index contributed by atoms with van der Waals surface area (Å²) in [7, 11) is 0. The first-order valence-corrected chi connectivity index (χ1v) is 5.90. The molecule has 0 aliphatic heterocycles. The van der Waals surface area contributed by atoms with Gasteiger partial charge in [0.05, 0.1) is 5.41 Å². The van der Waals surface area contributed by atoms with Crippen molar-refractivity contribution in [2.24, 2.45) is 5.92 Å². The van der Waals surface area contributed by atoms with Gasteiger partial charge in [0.2, 0.25) is 0 Å². The molecule has 1 aromatic rings. The minimum Gasteiger partial charge on any atom is -0.299 e. The third kappa shape index (κ3) is 1.26. The van der Waals surface area contributed by atoms with Gasteiger partial charge in [0.1, 0.15) is 5.78 Å². The van der Waals surface area contributed by atoms with Crippen LogP contribution in [-0.4, -0.2) is 5.78 Å². The minimum absolute atomic E-state index is 0.101. The zero-order chi connectivity index (χ0) is 10.3. The molecule has 0 heterocycles. The highest BCUT2D eigenvalue weighted by Crippen LogP contribution is 2.49. The lowest BCUT2D eigenvalue weighted by Crippen LogP contribution is -2.45. The lowest BCUT2D eigenvalue weighted by molar-refractivity contribution is -0.131. The predicted molar refractivity (Wildman–Crippen MR) is 59.7 cm³/mol. The van der Waals surface area contributed by atoms with E-state index in [-0.39, 0.29) is 5.41 Å². The largest absolute Gasteiger partial charge is 0.299 e. The van der Waals surface area contributed by atoms with Gasteiger partial charge in [-0.25, -0.2) is 0 Å². The monoisotopic (exact) mass is 200 g/mol. The Bertz CT molecular complexity index is 372. The Morgan fingerprint density at radius 1 is 1.07 bits per heavy atom. The Balaban J connectivity index is 2.05. The van der Waals surface area contributed by atoms with Gasteiger partial charge in [-0.1, -0.05) is 30.3 Å². The van der Waals surface area contributed by atoms with Gasteiger partial charge in [0.25, 0.3) is 0 Å². The van der Waals surface area contributed by atoms with Gasteiger partial charge in [-0.3, -0.25) is 4.79 Å². The first-order chi connectivity index (χ1) is 7.31. The van der Waals surface area contributed by atoms with E-state index in [2.05, 4.69) is 24.3 Å². The summed E-state index contributed by atoms with van der Waals surface area (Å²) >= 11 is 0. The topological polar surface area (TPSA) is 17.1 Å². The number of rotatable bonds is 1. The van der Waals surface area contributed by atoms with Crippen molar-refractivity contribution in [3.05, 3.63) is 35.9 Å². The first kappa shape index (κ1) is 9.14. The van der Waals surface area contributed by atoms with Crippen LogP contribution >= 0.6 is 0 Å². The summed E-state index contributed by atoms with van der Waals surface area (Å²) in [5, 5.41) is 0. The Kier molecular flexibility index (Phi) is 1.95. The molecule has 0 N–H and O–H groups in total. The van der Waals surface area contributed by atoms with E-state index in [4.69, 9.17) is 0 Å². The van der Waals surface area contributed by atoms with Crippen molar-refractivity contribution in [1.29, 1.82) is 0 Å². The van der Waals surface area contributed by atoms with E-state index in [1.807, 2.05) is 6.07 Å². The van der Waals surface area contributed by atoms with Gasteiger partial charge in [0.15, 0.2) is 0 Å². The number of carbonyl (C=O) groups excluding carboxylic acids is 1. The maximum atomic E-state index is 12.2. The van der Waals surface area contributed by atoms with Crippen molar-refractivity contribution in [2.45, 2.75) is 37.5 Å². The van der Waals surface area contributed by atoms with E-state index in [0.29, 0.717) is 11.7 Å². The second kappa shape index (κ2) is 3.19. The molecule has 3 saturated carbocycles. The molecular formula is C14H16O. The SMILES string of the molecule is O=C1CC2CCC1(c1ccccc1)CC2. The lowest BCUT2D eigenvalue weighted by Gasteiger charge is -2.45. The summed E-state index contributed by atoms with van der Waals surface area (Å²) in [6.07, 6.45) is 5.50. The molecule has 0 saturated heterocycles. The van der Waals surface area contributed by atoms with Crippen LogP contribution in [0.3, 0.4) is 0 Å². The fourth-order valence-electron chi connectivity index (χ4n) is 3.32. The van der Waals surface area contributed by atoms with E-state index >= 15 is 0 Å². The second-order valence-electron chi connectivity index (χ2n) is 5.02.